The number of aryl methyl sites for hydroxylation is 2. The Bertz CT molecular complexity index is 1890. The summed E-state index contributed by atoms with van der Waals surface area (Å²) < 4.78 is 95.3. The standard InChI is InChI=1S/C38H41F6N3O5/c1-6-24-17-28(40)35(36(41)34(24)33-22(4)15-26(39)16-23(33)5)29(19-32(49)50)45-37(51)30(14-21(2)3)47-20-25(27(18-31(47)48)38(42,43)44)8-10-46-9-7-12-52-13-11-46/h1,15-18,20-21,29-30H,7-14,19H2,2-5H3,(H,45,51)(H,49,50). The van der Waals surface area contributed by atoms with Gasteiger partial charge >= 0.3 is 12.1 Å². The first-order valence-electron chi connectivity index (χ1n) is 16.8. The van der Waals surface area contributed by atoms with Crippen molar-refractivity contribution in [2.24, 2.45) is 5.92 Å². The lowest BCUT2D eigenvalue weighted by Crippen LogP contribution is -2.41. The van der Waals surface area contributed by atoms with Crippen molar-refractivity contribution in [3.8, 4) is 23.5 Å². The van der Waals surface area contributed by atoms with Gasteiger partial charge in [-0.3, -0.25) is 14.4 Å². The van der Waals surface area contributed by atoms with Crippen LogP contribution in [0.15, 0.2) is 35.3 Å². The Morgan fingerprint density at radius 1 is 1.04 bits per heavy atom. The highest BCUT2D eigenvalue weighted by atomic mass is 19.4. The molecule has 0 aliphatic carbocycles. The zero-order chi connectivity index (χ0) is 38.5. The minimum absolute atomic E-state index is 0.0972. The molecule has 1 aromatic heterocycles. The Morgan fingerprint density at radius 3 is 2.31 bits per heavy atom. The molecule has 4 rings (SSSR count). The van der Waals surface area contributed by atoms with E-state index in [4.69, 9.17) is 11.2 Å². The number of benzene rings is 2. The van der Waals surface area contributed by atoms with Crippen molar-refractivity contribution in [2.75, 3.05) is 32.8 Å². The highest BCUT2D eigenvalue weighted by Crippen LogP contribution is 2.38. The number of terminal acetylenes is 1. The fourth-order valence-electron chi connectivity index (χ4n) is 6.68. The van der Waals surface area contributed by atoms with Gasteiger partial charge in [0, 0.05) is 55.2 Å². The number of hydrogen-bond donors (Lipinski definition) is 2. The van der Waals surface area contributed by atoms with Crippen LogP contribution in [0.2, 0.25) is 0 Å². The Balaban J connectivity index is 1.81. The van der Waals surface area contributed by atoms with E-state index in [9.17, 15) is 37.1 Å². The number of halogens is 6. The summed E-state index contributed by atoms with van der Waals surface area (Å²) in [6, 6.07) is 0.127. The molecule has 280 valence electrons. The van der Waals surface area contributed by atoms with Gasteiger partial charge in [0.1, 0.15) is 23.5 Å². The molecule has 2 heterocycles. The highest BCUT2D eigenvalue weighted by Gasteiger charge is 2.37. The zero-order valence-electron chi connectivity index (χ0n) is 29.3. The van der Waals surface area contributed by atoms with Gasteiger partial charge in [-0.15, -0.1) is 6.42 Å². The molecule has 1 fully saturated rings. The number of aromatic nitrogens is 1. The zero-order valence-corrected chi connectivity index (χ0v) is 29.3. The van der Waals surface area contributed by atoms with Gasteiger partial charge in [-0.2, -0.15) is 13.2 Å². The van der Waals surface area contributed by atoms with E-state index >= 15 is 8.78 Å². The van der Waals surface area contributed by atoms with Crippen molar-refractivity contribution in [1.29, 1.82) is 0 Å². The maximum atomic E-state index is 16.6. The number of carboxylic acids is 1. The second kappa shape index (κ2) is 16.8. The van der Waals surface area contributed by atoms with Crippen LogP contribution in [0.1, 0.15) is 78.6 Å². The Hall–Kier alpha value is -4.61. The normalized spacial score (nSPS) is 15.2. The number of nitrogens with one attached hydrogen (secondary N) is 1. The molecule has 0 spiro atoms. The average Bonchev–Trinajstić information content (AvgIpc) is 3.31. The number of pyridine rings is 1. The highest BCUT2D eigenvalue weighted by molar-refractivity contribution is 5.83. The molecule has 0 radical (unpaired) electrons. The lowest BCUT2D eigenvalue weighted by molar-refractivity contribution is -0.139. The Labute approximate surface area is 297 Å². The van der Waals surface area contributed by atoms with Crippen LogP contribution >= 0.6 is 0 Å². The molecule has 1 aliphatic heterocycles. The van der Waals surface area contributed by atoms with Gasteiger partial charge in [0.15, 0.2) is 0 Å². The van der Waals surface area contributed by atoms with Crippen LogP contribution in [-0.4, -0.2) is 59.3 Å². The van der Waals surface area contributed by atoms with E-state index in [2.05, 4.69) is 11.2 Å². The predicted molar refractivity (Wildman–Crippen MR) is 182 cm³/mol. The smallest absolute Gasteiger partial charge is 0.416 e. The van der Waals surface area contributed by atoms with Crippen molar-refractivity contribution < 1.29 is 45.8 Å². The molecular weight excluding hydrogens is 692 g/mol. The lowest BCUT2D eigenvalue weighted by atomic mass is 9.88. The van der Waals surface area contributed by atoms with Crippen LogP contribution in [-0.2, 0) is 26.9 Å². The van der Waals surface area contributed by atoms with E-state index in [0.717, 1.165) is 29.0 Å². The second-order valence-electron chi connectivity index (χ2n) is 13.4. The van der Waals surface area contributed by atoms with Crippen LogP contribution in [0.3, 0.4) is 0 Å². The number of carbonyl (C=O) groups excluding carboxylic acids is 1. The molecule has 0 bridgehead atoms. The number of amides is 1. The summed E-state index contributed by atoms with van der Waals surface area (Å²) >= 11 is 0. The van der Waals surface area contributed by atoms with Crippen LogP contribution in [0.25, 0.3) is 11.1 Å². The summed E-state index contributed by atoms with van der Waals surface area (Å²) in [6.07, 6.45) is 1.17. The Morgan fingerprint density at radius 2 is 1.71 bits per heavy atom. The third-order valence-corrected chi connectivity index (χ3v) is 9.01. The molecule has 0 saturated carbocycles. The summed E-state index contributed by atoms with van der Waals surface area (Å²) in [5.74, 6) is -3.88. The third kappa shape index (κ3) is 9.43. The van der Waals surface area contributed by atoms with E-state index in [1.807, 2.05) is 4.90 Å². The first kappa shape index (κ1) is 40.2. The predicted octanol–water partition coefficient (Wildman–Crippen LogP) is 6.73. The summed E-state index contributed by atoms with van der Waals surface area (Å²) in [5.41, 5.74) is -3.29. The average molecular weight is 734 g/mol. The number of carbonyl (C=O) groups is 2. The lowest BCUT2D eigenvalue weighted by Gasteiger charge is -2.27. The number of hydrogen-bond acceptors (Lipinski definition) is 5. The van der Waals surface area contributed by atoms with Gasteiger partial charge in [0.05, 0.1) is 24.6 Å². The molecule has 14 heteroatoms. The summed E-state index contributed by atoms with van der Waals surface area (Å²) in [4.78, 5) is 41.3. The minimum Gasteiger partial charge on any atom is -0.481 e. The molecule has 1 saturated heterocycles. The van der Waals surface area contributed by atoms with Crippen LogP contribution in [0, 0.1) is 49.6 Å². The molecule has 1 amide bonds. The van der Waals surface area contributed by atoms with E-state index in [1.165, 1.54) is 13.8 Å². The van der Waals surface area contributed by atoms with Gasteiger partial charge < -0.3 is 24.6 Å². The third-order valence-electron chi connectivity index (χ3n) is 9.01. The fourth-order valence-corrected chi connectivity index (χ4v) is 6.68. The largest absolute Gasteiger partial charge is 0.481 e. The van der Waals surface area contributed by atoms with Crippen molar-refractivity contribution in [3.63, 3.8) is 0 Å². The molecule has 2 atom stereocenters. The number of aliphatic carboxylic acids is 1. The quantitative estimate of drug-likeness (QED) is 0.158. The first-order valence-corrected chi connectivity index (χ1v) is 16.8. The Kier molecular flexibility index (Phi) is 13.0. The van der Waals surface area contributed by atoms with E-state index in [0.29, 0.717) is 38.8 Å². The maximum Gasteiger partial charge on any atom is 0.416 e. The number of rotatable bonds is 12. The maximum absolute atomic E-state index is 16.6. The van der Waals surface area contributed by atoms with Crippen LogP contribution < -0.4 is 10.9 Å². The van der Waals surface area contributed by atoms with Crippen molar-refractivity contribution in [1.82, 2.24) is 14.8 Å². The van der Waals surface area contributed by atoms with E-state index in [1.54, 1.807) is 13.8 Å². The number of ether oxygens (including phenoxy) is 1. The van der Waals surface area contributed by atoms with Crippen molar-refractivity contribution in [2.45, 2.75) is 71.6 Å². The molecule has 2 N–H and O–H groups in total. The summed E-state index contributed by atoms with van der Waals surface area (Å²) in [5, 5.41) is 12.1. The fraction of sp³-hybridized carbons (Fsp3) is 0.447. The molecular formula is C38H41F6N3O5. The van der Waals surface area contributed by atoms with Gasteiger partial charge in [-0.05, 0) is 79.5 Å². The van der Waals surface area contributed by atoms with Crippen LogP contribution in [0.4, 0.5) is 26.3 Å². The molecule has 1 aliphatic rings. The van der Waals surface area contributed by atoms with Gasteiger partial charge in [-0.1, -0.05) is 19.8 Å². The topological polar surface area (TPSA) is 101 Å². The van der Waals surface area contributed by atoms with Gasteiger partial charge in [-0.25, -0.2) is 13.2 Å². The van der Waals surface area contributed by atoms with Crippen molar-refractivity contribution >= 4 is 11.9 Å². The SMILES string of the molecule is C#Cc1cc(F)c(C(CC(=O)O)NC(=O)C(CC(C)C)n2cc(CCN3CCCOCC3)c(C(F)(F)F)cc2=O)c(F)c1-c1c(C)cc(F)cc1C. The summed E-state index contributed by atoms with van der Waals surface area (Å²) in [7, 11) is 0. The second-order valence-corrected chi connectivity index (χ2v) is 13.4. The van der Waals surface area contributed by atoms with Crippen molar-refractivity contribution in [3.05, 3.63) is 91.6 Å². The minimum atomic E-state index is -4.88. The molecule has 3 aromatic rings. The molecule has 2 aromatic carbocycles. The molecule has 8 nitrogen and oxygen atoms in total. The molecule has 52 heavy (non-hydrogen) atoms. The van der Waals surface area contributed by atoms with E-state index in [-0.39, 0.29) is 58.7 Å². The van der Waals surface area contributed by atoms with E-state index < -0.39 is 70.7 Å². The first-order chi connectivity index (χ1) is 24.4. The van der Waals surface area contributed by atoms with Crippen LogP contribution in [0.5, 0.6) is 0 Å². The monoisotopic (exact) mass is 733 g/mol. The summed E-state index contributed by atoms with van der Waals surface area (Å²) in [6.45, 7) is 8.63. The number of alkyl halides is 3. The number of nitrogens with zero attached hydrogens (tertiary/aromatic N) is 2. The van der Waals surface area contributed by atoms with Gasteiger partial charge in [0.2, 0.25) is 5.91 Å². The molecule has 2 unspecified atom stereocenters. The van der Waals surface area contributed by atoms with Gasteiger partial charge in [0.25, 0.3) is 5.56 Å². The number of carboxylic acid groups (broad SMARTS) is 1.